The third-order valence-electron chi connectivity index (χ3n) is 4.75. The Bertz CT molecular complexity index is 607. The molecule has 1 fully saturated rings. The number of hydrogen-bond donors (Lipinski definition) is 0. The van der Waals surface area contributed by atoms with Gasteiger partial charge in [-0.15, -0.1) is 0 Å². The SMILES string of the molecule is CCn1nc(CN2CCC[C@H](COC)CC2)c2ccccc21. The van der Waals surface area contributed by atoms with Crippen LogP contribution in [0.15, 0.2) is 24.3 Å². The zero-order valence-electron chi connectivity index (χ0n) is 13.8. The first-order valence-electron chi connectivity index (χ1n) is 8.47. The van der Waals surface area contributed by atoms with Crippen LogP contribution in [0.5, 0.6) is 0 Å². The molecule has 1 aliphatic rings. The van der Waals surface area contributed by atoms with Crippen LogP contribution in [0.2, 0.25) is 0 Å². The Kier molecular flexibility index (Phi) is 5.11. The molecule has 4 heteroatoms. The van der Waals surface area contributed by atoms with Crippen molar-refractivity contribution in [1.82, 2.24) is 14.7 Å². The van der Waals surface area contributed by atoms with E-state index in [1.807, 2.05) is 7.11 Å². The van der Waals surface area contributed by atoms with E-state index in [1.54, 1.807) is 0 Å². The molecule has 120 valence electrons. The van der Waals surface area contributed by atoms with Gasteiger partial charge >= 0.3 is 0 Å². The Balaban J connectivity index is 1.73. The summed E-state index contributed by atoms with van der Waals surface area (Å²) in [7, 11) is 1.81. The summed E-state index contributed by atoms with van der Waals surface area (Å²) in [6, 6.07) is 8.59. The summed E-state index contributed by atoms with van der Waals surface area (Å²) in [5.74, 6) is 0.722. The number of fused-ring (bicyclic) bond motifs is 1. The van der Waals surface area contributed by atoms with Crippen LogP contribution in [0, 0.1) is 5.92 Å². The summed E-state index contributed by atoms with van der Waals surface area (Å²) in [6.07, 6.45) is 3.79. The van der Waals surface area contributed by atoms with Crippen LogP contribution >= 0.6 is 0 Å². The molecule has 0 bridgehead atoms. The van der Waals surface area contributed by atoms with Gasteiger partial charge in [-0.1, -0.05) is 18.2 Å². The molecular formula is C18H27N3O. The number of hydrogen-bond acceptors (Lipinski definition) is 3. The van der Waals surface area contributed by atoms with E-state index in [9.17, 15) is 0 Å². The van der Waals surface area contributed by atoms with Gasteiger partial charge in [0.25, 0.3) is 0 Å². The van der Waals surface area contributed by atoms with Gasteiger partial charge < -0.3 is 4.74 Å². The first-order valence-corrected chi connectivity index (χ1v) is 8.47. The Morgan fingerprint density at radius 1 is 1.23 bits per heavy atom. The number of rotatable bonds is 5. The lowest BCUT2D eigenvalue weighted by Gasteiger charge is -2.19. The molecule has 0 amide bonds. The van der Waals surface area contributed by atoms with Gasteiger partial charge in [0.05, 0.1) is 11.2 Å². The predicted octanol–water partition coefficient (Wildman–Crippen LogP) is 3.30. The van der Waals surface area contributed by atoms with Crippen molar-refractivity contribution in [2.75, 3.05) is 26.8 Å². The van der Waals surface area contributed by atoms with Crippen molar-refractivity contribution in [3.63, 3.8) is 0 Å². The molecule has 1 saturated heterocycles. The van der Waals surface area contributed by atoms with Gasteiger partial charge in [-0.2, -0.15) is 5.10 Å². The standard InChI is InChI=1S/C18H27N3O/c1-3-21-18-9-5-4-8-16(18)17(19-21)13-20-11-6-7-15(10-12-20)14-22-2/h4-5,8-9,15H,3,6-7,10-14H2,1-2H3/t15-/m0/s1. The maximum Gasteiger partial charge on any atom is 0.0843 e. The second-order valence-corrected chi connectivity index (χ2v) is 6.31. The molecule has 2 aromatic rings. The molecule has 1 atom stereocenters. The van der Waals surface area contributed by atoms with Crippen LogP contribution in [0.4, 0.5) is 0 Å². The van der Waals surface area contributed by atoms with Gasteiger partial charge in [-0.3, -0.25) is 9.58 Å². The molecule has 2 heterocycles. The maximum absolute atomic E-state index is 5.33. The molecule has 3 rings (SSSR count). The third kappa shape index (κ3) is 3.33. The second kappa shape index (κ2) is 7.25. The average molecular weight is 301 g/mol. The van der Waals surface area contributed by atoms with Crippen LogP contribution in [-0.4, -0.2) is 41.5 Å². The van der Waals surface area contributed by atoms with Crippen molar-refractivity contribution < 1.29 is 4.74 Å². The van der Waals surface area contributed by atoms with E-state index in [0.29, 0.717) is 0 Å². The number of likely N-dealkylation sites (tertiary alicyclic amines) is 1. The lowest BCUT2D eigenvalue weighted by atomic mass is 10.0. The number of aromatic nitrogens is 2. The summed E-state index contributed by atoms with van der Waals surface area (Å²) >= 11 is 0. The molecule has 0 saturated carbocycles. The summed E-state index contributed by atoms with van der Waals surface area (Å²) in [5, 5.41) is 6.15. The van der Waals surface area contributed by atoms with Gasteiger partial charge in [0.2, 0.25) is 0 Å². The molecule has 0 aliphatic carbocycles. The van der Waals surface area contributed by atoms with Gasteiger partial charge in [-0.05, 0) is 51.3 Å². The molecule has 0 unspecified atom stereocenters. The summed E-state index contributed by atoms with van der Waals surface area (Å²) in [4.78, 5) is 2.56. The topological polar surface area (TPSA) is 30.3 Å². The Labute approximate surface area is 133 Å². The molecule has 0 spiro atoms. The minimum atomic E-state index is 0.722. The number of benzene rings is 1. The highest BCUT2D eigenvalue weighted by molar-refractivity contribution is 5.81. The smallest absolute Gasteiger partial charge is 0.0843 e. The Morgan fingerprint density at radius 2 is 2.09 bits per heavy atom. The highest BCUT2D eigenvalue weighted by Gasteiger charge is 2.19. The molecule has 1 aromatic carbocycles. The normalized spacial score (nSPS) is 20.4. The fraction of sp³-hybridized carbons (Fsp3) is 0.611. The number of methoxy groups -OCH3 is 1. The molecule has 1 aliphatic heterocycles. The fourth-order valence-electron chi connectivity index (χ4n) is 3.55. The zero-order valence-corrected chi connectivity index (χ0v) is 13.8. The van der Waals surface area contributed by atoms with E-state index in [2.05, 4.69) is 40.8 Å². The van der Waals surface area contributed by atoms with Crippen molar-refractivity contribution in [2.45, 2.75) is 39.3 Å². The average Bonchev–Trinajstić information content (AvgIpc) is 2.74. The summed E-state index contributed by atoms with van der Waals surface area (Å²) in [5.41, 5.74) is 2.48. The first kappa shape index (κ1) is 15.5. The Hall–Kier alpha value is -1.39. The van der Waals surface area contributed by atoms with Crippen LogP contribution < -0.4 is 0 Å². The molecule has 4 nitrogen and oxygen atoms in total. The van der Waals surface area contributed by atoms with E-state index in [1.165, 1.54) is 42.4 Å². The van der Waals surface area contributed by atoms with Gasteiger partial charge in [0.1, 0.15) is 0 Å². The lowest BCUT2D eigenvalue weighted by Crippen LogP contribution is -2.25. The fourth-order valence-corrected chi connectivity index (χ4v) is 3.55. The zero-order chi connectivity index (χ0) is 15.4. The molecule has 1 aromatic heterocycles. The molecule has 0 radical (unpaired) electrons. The van der Waals surface area contributed by atoms with Crippen LogP contribution in [-0.2, 0) is 17.8 Å². The van der Waals surface area contributed by atoms with Crippen molar-refractivity contribution in [3.05, 3.63) is 30.0 Å². The third-order valence-corrected chi connectivity index (χ3v) is 4.75. The van der Waals surface area contributed by atoms with E-state index in [-0.39, 0.29) is 0 Å². The van der Waals surface area contributed by atoms with Crippen LogP contribution in [0.1, 0.15) is 31.9 Å². The van der Waals surface area contributed by atoms with Crippen molar-refractivity contribution in [1.29, 1.82) is 0 Å². The van der Waals surface area contributed by atoms with Crippen molar-refractivity contribution >= 4 is 10.9 Å². The second-order valence-electron chi connectivity index (χ2n) is 6.31. The first-order chi connectivity index (χ1) is 10.8. The quantitative estimate of drug-likeness (QED) is 0.849. The van der Waals surface area contributed by atoms with E-state index >= 15 is 0 Å². The van der Waals surface area contributed by atoms with Crippen molar-refractivity contribution in [2.24, 2.45) is 5.92 Å². The van der Waals surface area contributed by atoms with E-state index < -0.39 is 0 Å². The van der Waals surface area contributed by atoms with Gasteiger partial charge in [0.15, 0.2) is 0 Å². The number of para-hydroxylation sites is 1. The largest absolute Gasteiger partial charge is 0.384 e. The maximum atomic E-state index is 5.33. The molecule has 22 heavy (non-hydrogen) atoms. The highest BCUT2D eigenvalue weighted by atomic mass is 16.5. The number of ether oxygens (including phenoxy) is 1. The highest BCUT2D eigenvalue weighted by Crippen LogP contribution is 2.23. The molecular weight excluding hydrogens is 274 g/mol. The monoisotopic (exact) mass is 301 g/mol. The van der Waals surface area contributed by atoms with Crippen LogP contribution in [0.3, 0.4) is 0 Å². The van der Waals surface area contributed by atoms with E-state index in [4.69, 9.17) is 9.84 Å². The minimum absolute atomic E-state index is 0.722. The van der Waals surface area contributed by atoms with Gasteiger partial charge in [-0.25, -0.2) is 0 Å². The predicted molar refractivity (Wildman–Crippen MR) is 89.9 cm³/mol. The molecule has 0 N–H and O–H groups in total. The summed E-state index contributed by atoms with van der Waals surface area (Å²) < 4.78 is 7.45. The lowest BCUT2D eigenvalue weighted by molar-refractivity contribution is 0.143. The summed E-state index contributed by atoms with van der Waals surface area (Å²) in [6.45, 7) is 7.28. The van der Waals surface area contributed by atoms with Crippen LogP contribution in [0.25, 0.3) is 10.9 Å². The number of nitrogens with zero attached hydrogens (tertiary/aromatic N) is 3. The van der Waals surface area contributed by atoms with E-state index in [0.717, 1.165) is 32.2 Å². The minimum Gasteiger partial charge on any atom is -0.384 e. The Morgan fingerprint density at radius 3 is 2.91 bits per heavy atom. The number of aryl methyl sites for hydroxylation is 1. The van der Waals surface area contributed by atoms with Gasteiger partial charge in [0, 0.05) is 32.2 Å². The van der Waals surface area contributed by atoms with Crippen molar-refractivity contribution in [3.8, 4) is 0 Å².